The normalized spacial score (nSPS) is 18.4. The van der Waals surface area contributed by atoms with E-state index in [1.54, 1.807) is 16.4 Å². The molecule has 2 fully saturated rings. The zero-order valence-corrected chi connectivity index (χ0v) is 15.9. The van der Waals surface area contributed by atoms with Crippen LogP contribution in [0.2, 0.25) is 0 Å². The van der Waals surface area contributed by atoms with E-state index >= 15 is 0 Å². The number of amides is 1. The van der Waals surface area contributed by atoms with Crippen molar-refractivity contribution in [2.45, 2.75) is 30.6 Å². The maximum absolute atomic E-state index is 12.5. The van der Waals surface area contributed by atoms with Crippen molar-refractivity contribution in [1.82, 2.24) is 14.9 Å². The van der Waals surface area contributed by atoms with Crippen LogP contribution in [0.15, 0.2) is 29.2 Å². The van der Waals surface area contributed by atoms with Gasteiger partial charge < -0.3 is 10.6 Å². The summed E-state index contributed by atoms with van der Waals surface area (Å²) in [6, 6.07) is 6.93. The molecule has 0 bridgehead atoms. The highest BCUT2D eigenvalue weighted by Crippen LogP contribution is 2.21. The monoisotopic (exact) mass is 387 g/mol. The number of sulfonamides is 1. The maximum atomic E-state index is 12.5. The van der Waals surface area contributed by atoms with Crippen LogP contribution in [0.5, 0.6) is 0 Å². The molecule has 0 spiro atoms. The van der Waals surface area contributed by atoms with Gasteiger partial charge in [0.25, 0.3) is 0 Å². The van der Waals surface area contributed by atoms with E-state index in [1.807, 2.05) is 12.1 Å². The molecule has 25 heavy (non-hydrogen) atoms. The molecule has 2 saturated heterocycles. The number of hydrogen-bond acceptors (Lipinski definition) is 4. The molecule has 2 heterocycles. The molecule has 2 aliphatic rings. The fourth-order valence-electron chi connectivity index (χ4n) is 3.00. The Bertz CT molecular complexity index is 669. The molecule has 0 atom stereocenters. The van der Waals surface area contributed by atoms with Crippen molar-refractivity contribution < 1.29 is 13.2 Å². The van der Waals surface area contributed by atoms with Gasteiger partial charge in [0.1, 0.15) is 0 Å². The zero-order valence-electron chi connectivity index (χ0n) is 14.2. The summed E-state index contributed by atoms with van der Waals surface area (Å²) in [7, 11) is -3.35. The molecule has 0 aliphatic carbocycles. The summed E-state index contributed by atoms with van der Waals surface area (Å²) in [5.74, 6) is 0.611. The van der Waals surface area contributed by atoms with E-state index in [9.17, 15) is 13.2 Å². The van der Waals surface area contributed by atoms with Gasteiger partial charge in [0.15, 0.2) is 0 Å². The summed E-state index contributed by atoms with van der Waals surface area (Å²) in [6.07, 6.45) is 2.92. The predicted molar refractivity (Wildman–Crippen MR) is 99.4 cm³/mol. The molecular formula is C17H26ClN3O3S. The Morgan fingerprint density at radius 1 is 1.16 bits per heavy atom. The van der Waals surface area contributed by atoms with Gasteiger partial charge >= 0.3 is 0 Å². The number of carbonyl (C=O) groups is 1. The second kappa shape index (κ2) is 8.98. The molecule has 8 heteroatoms. The first-order valence-electron chi connectivity index (χ1n) is 8.62. The molecule has 2 N–H and O–H groups in total. The van der Waals surface area contributed by atoms with Gasteiger partial charge in [-0.2, -0.15) is 4.31 Å². The van der Waals surface area contributed by atoms with E-state index < -0.39 is 10.0 Å². The first-order chi connectivity index (χ1) is 11.6. The maximum Gasteiger partial charge on any atom is 0.243 e. The highest BCUT2D eigenvalue weighted by molar-refractivity contribution is 7.89. The van der Waals surface area contributed by atoms with Crippen molar-refractivity contribution in [3.8, 4) is 0 Å². The van der Waals surface area contributed by atoms with Gasteiger partial charge in [0.05, 0.1) is 4.90 Å². The molecule has 0 unspecified atom stereocenters. The van der Waals surface area contributed by atoms with E-state index in [0.717, 1.165) is 38.0 Å². The average Bonchev–Trinajstić information content (AvgIpc) is 3.07. The van der Waals surface area contributed by atoms with E-state index in [0.29, 0.717) is 36.7 Å². The molecular weight excluding hydrogens is 362 g/mol. The van der Waals surface area contributed by atoms with Crippen LogP contribution < -0.4 is 10.6 Å². The first kappa shape index (κ1) is 20.2. The number of hydrogen-bond donors (Lipinski definition) is 2. The summed E-state index contributed by atoms with van der Waals surface area (Å²) < 4.78 is 26.4. The highest BCUT2D eigenvalue weighted by atomic mass is 35.5. The van der Waals surface area contributed by atoms with Crippen molar-refractivity contribution in [3.05, 3.63) is 29.8 Å². The SMILES string of the molecule is Cl.O=C(CCc1ccc(S(=O)(=O)N2CCCC2)cc1)NCC1CNC1. The fourth-order valence-corrected chi connectivity index (χ4v) is 4.52. The Morgan fingerprint density at radius 3 is 2.36 bits per heavy atom. The zero-order chi connectivity index (χ0) is 17.0. The van der Waals surface area contributed by atoms with Crippen LogP contribution in [0, 0.1) is 5.92 Å². The molecule has 1 amide bonds. The number of nitrogens with zero attached hydrogens (tertiary/aromatic N) is 1. The Balaban J connectivity index is 0.00000225. The average molecular weight is 388 g/mol. The smallest absolute Gasteiger partial charge is 0.243 e. The van der Waals surface area contributed by atoms with Crippen molar-refractivity contribution >= 4 is 28.3 Å². The lowest BCUT2D eigenvalue weighted by atomic mass is 10.0. The number of aryl methyl sites for hydroxylation is 1. The van der Waals surface area contributed by atoms with Gasteiger partial charge in [-0.05, 0) is 37.0 Å². The molecule has 0 radical (unpaired) electrons. The predicted octanol–water partition coefficient (Wildman–Crippen LogP) is 1.16. The van der Waals surface area contributed by atoms with Crippen LogP contribution in [0.3, 0.4) is 0 Å². The lowest BCUT2D eigenvalue weighted by molar-refractivity contribution is -0.121. The van der Waals surface area contributed by atoms with E-state index in [1.165, 1.54) is 0 Å². The van der Waals surface area contributed by atoms with Crippen LogP contribution >= 0.6 is 12.4 Å². The molecule has 140 valence electrons. The molecule has 3 rings (SSSR count). The van der Waals surface area contributed by atoms with Gasteiger partial charge in [-0.25, -0.2) is 8.42 Å². The second-order valence-corrected chi connectivity index (χ2v) is 8.52. The summed E-state index contributed by atoms with van der Waals surface area (Å²) >= 11 is 0. The number of nitrogens with one attached hydrogen (secondary N) is 2. The summed E-state index contributed by atoms with van der Waals surface area (Å²) in [5, 5.41) is 6.12. The number of carbonyl (C=O) groups excluding carboxylic acids is 1. The molecule has 1 aromatic carbocycles. The quantitative estimate of drug-likeness (QED) is 0.736. The Hall–Kier alpha value is -1.15. The lowest BCUT2D eigenvalue weighted by Gasteiger charge is -2.27. The molecule has 0 saturated carbocycles. The van der Waals surface area contributed by atoms with Crippen LogP contribution in [0.1, 0.15) is 24.8 Å². The number of rotatable bonds is 7. The van der Waals surface area contributed by atoms with Crippen LogP contribution in [0.25, 0.3) is 0 Å². The third-order valence-electron chi connectivity index (χ3n) is 4.72. The van der Waals surface area contributed by atoms with Gasteiger partial charge in [0.2, 0.25) is 15.9 Å². The van der Waals surface area contributed by atoms with Crippen LogP contribution in [-0.2, 0) is 21.2 Å². The van der Waals surface area contributed by atoms with Gasteiger partial charge in [-0.3, -0.25) is 4.79 Å². The van der Waals surface area contributed by atoms with E-state index in [4.69, 9.17) is 0 Å². The minimum absolute atomic E-state index is 0. The van der Waals surface area contributed by atoms with Crippen molar-refractivity contribution in [3.63, 3.8) is 0 Å². The lowest BCUT2D eigenvalue weighted by Crippen LogP contribution is -2.48. The van der Waals surface area contributed by atoms with Crippen molar-refractivity contribution in [2.24, 2.45) is 5.92 Å². The topological polar surface area (TPSA) is 78.5 Å². The Labute approximate surface area is 155 Å². The summed E-state index contributed by atoms with van der Waals surface area (Å²) in [4.78, 5) is 12.2. The third-order valence-corrected chi connectivity index (χ3v) is 6.63. The molecule has 0 aromatic heterocycles. The second-order valence-electron chi connectivity index (χ2n) is 6.58. The van der Waals surface area contributed by atoms with Gasteiger partial charge in [-0.15, -0.1) is 12.4 Å². The first-order valence-corrected chi connectivity index (χ1v) is 10.1. The number of benzene rings is 1. The molecule has 1 aromatic rings. The highest BCUT2D eigenvalue weighted by Gasteiger charge is 2.26. The van der Waals surface area contributed by atoms with Crippen molar-refractivity contribution in [1.29, 1.82) is 0 Å². The fraction of sp³-hybridized carbons (Fsp3) is 0.588. The third kappa shape index (κ3) is 5.17. The standard InChI is InChI=1S/C17H25N3O3S.ClH/c21-17(19-13-15-11-18-12-15)8-5-14-3-6-16(7-4-14)24(22,23)20-9-1-2-10-20;/h3-4,6-7,15,18H,1-2,5,8-13H2,(H,19,21);1H. The van der Waals surface area contributed by atoms with Crippen molar-refractivity contribution in [2.75, 3.05) is 32.7 Å². The van der Waals surface area contributed by atoms with E-state index in [-0.39, 0.29) is 18.3 Å². The van der Waals surface area contributed by atoms with Gasteiger partial charge in [0, 0.05) is 45.1 Å². The largest absolute Gasteiger partial charge is 0.356 e. The van der Waals surface area contributed by atoms with Crippen LogP contribution in [0.4, 0.5) is 0 Å². The molecule has 6 nitrogen and oxygen atoms in total. The summed E-state index contributed by atoms with van der Waals surface area (Å²) in [6.45, 7) is 3.92. The minimum atomic E-state index is -3.35. The van der Waals surface area contributed by atoms with Crippen LogP contribution in [-0.4, -0.2) is 51.4 Å². The Kier molecular flexibility index (Phi) is 7.25. The Morgan fingerprint density at radius 2 is 1.80 bits per heavy atom. The van der Waals surface area contributed by atoms with E-state index in [2.05, 4.69) is 10.6 Å². The number of halogens is 1. The summed E-state index contributed by atoms with van der Waals surface area (Å²) in [5.41, 5.74) is 0.982. The minimum Gasteiger partial charge on any atom is -0.356 e. The van der Waals surface area contributed by atoms with Gasteiger partial charge in [-0.1, -0.05) is 12.1 Å². The molecule has 2 aliphatic heterocycles.